The fraction of sp³-hybridized carbons (Fsp3) is 0.900. The number of nitrogens with zero attached hydrogens (tertiary/aromatic N) is 1. The van der Waals surface area contributed by atoms with Crippen LogP contribution < -0.4 is 0 Å². The van der Waals surface area contributed by atoms with Crippen LogP contribution in [0, 0.1) is 0 Å². The molecule has 1 rings (SSSR count). The zero-order valence-corrected chi connectivity index (χ0v) is 8.67. The normalized spacial score (nSPS) is 26.9. The Morgan fingerprint density at radius 2 is 2.21 bits per heavy atom. The summed E-state index contributed by atoms with van der Waals surface area (Å²) in [5.41, 5.74) is 0. The summed E-state index contributed by atoms with van der Waals surface area (Å²) < 4.78 is 24.3. The Hall–Kier alpha value is -0.510. The first kappa shape index (κ1) is 11.6. The zero-order chi connectivity index (χ0) is 10.7. The molecule has 0 N–H and O–H groups in total. The van der Waals surface area contributed by atoms with Crippen LogP contribution in [0.15, 0.2) is 0 Å². The highest BCUT2D eigenvalue weighted by molar-refractivity contribution is 5.79. The van der Waals surface area contributed by atoms with Gasteiger partial charge in [0, 0.05) is 37.9 Å². The second-order valence-electron chi connectivity index (χ2n) is 4.06. The Balaban J connectivity index is 2.46. The molecule has 4 heteroatoms. The first-order valence-corrected chi connectivity index (χ1v) is 5.06. The van der Waals surface area contributed by atoms with E-state index in [0.29, 0.717) is 19.4 Å². The van der Waals surface area contributed by atoms with Crippen molar-refractivity contribution in [2.24, 2.45) is 0 Å². The molecule has 0 aliphatic carbocycles. The molecule has 0 amide bonds. The molecular formula is C10H17F2NO. The maximum atomic E-state index is 12.2. The minimum atomic E-state index is -2.25. The van der Waals surface area contributed by atoms with Gasteiger partial charge in [0.1, 0.15) is 5.78 Å². The van der Waals surface area contributed by atoms with Crippen molar-refractivity contribution in [3.8, 4) is 0 Å². The van der Waals surface area contributed by atoms with E-state index in [2.05, 4.69) is 0 Å². The van der Waals surface area contributed by atoms with E-state index in [1.807, 2.05) is 11.8 Å². The number of likely N-dealkylation sites (tertiary alicyclic amines) is 1. The number of piperidine rings is 1. The molecule has 2 unspecified atom stereocenters. The number of Topliss-reactive ketones (excluding diaryl/α,β-unsaturated/α-hetero) is 1. The van der Waals surface area contributed by atoms with Gasteiger partial charge >= 0.3 is 0 Å². The Kier molecular flexibility index (Phi) is 3.98. The van der Waals surface area contributed by atoms with Gasteiger partial charge in [0.25, 0.3) is 0 Å². The van der Waals surface area contributed by atoms with Crippen LogP contribution in [0.3, 0.4) is 0 Å². The lowest BCUT2D eigenvalue weighted by Crippen LogP contribution is -2.46. The largest absolute Gasteiger partial charge is 0.300 e. The Morgan fingerprint density at radius 1 is 1.57 bits per heavy atom. The van der Waals surface area contributed by atoms with Crippen molar-refractivity contribution < 1.29 is 13.6 Å². The number of rotatable bonds is 3. The summed E-state index contributed by atoms with van der Waals surface area (Å²) in [6, 6.07) is -0.0110. The number of hydrogen-bond donors (Lipinski definition) is 0. The molecule has 0 aromatic rings. The summed E-state index contributed by atoms with van der Waals surface area (Å²) in [5.74, 6) is 0.248. The highest BCUT2D eigenvalue weighted by Gasteiger charge is 2.28. The number of ketones is 1. The van der Waals surface area contributed by atoms with Gasteiger partial charge < -0.3 is 0 Å². The first-order chi connectivity index (χ1) is 6.50. The van der Waals surface area contributed by atoms with Crippen molar-refractivity contribution in [2.45, 2.75) is 51.6 Å². The molecule has 1 fully saturated rings. The maximum Gasteiger partial charge on any atom is 0.240 e. The zero-order valence-electron chi connectivity index (χ0n) is 8.67. The average molecular weight is 205 g/mol. The lowest BCUT2D eigenvalue weighted by atomic mass is 9.99. The van der Waals surface area contributed by atoms with Gasteiger partial charge in [-0.25, -0.2) is 8.78 Å². The lowest BCUT2D eigenvalue weighted by molar-refractivity contribution is -0.123. The van der Waals surface area contributed by atoms with E-state index >= 15 is 0 Å². The van der Waals surface area contributed by atoms with Crippen LogP contribution in [0.25, 0.3) is 0 Å². The fourth-order valence-electron chi connectivity index (χ4n) is 2.07. The van der Waals surface area contributed by atoms with Crippen molar-refractivity contribution in [3.63, 3.8) is 0 Å². The summed E-state index contributed by atoms with van der Waals surface area (Å²) >= 11 is 0. The SMILES string of the molecule is CC1CC(=O)CCN1C(C)CC(F)F. The maximum absolute atomic E-state index is 12.2. The second kappa shape index (κ2) is 4.82. The van der Waals surface area contributed by atoms with Crippen LogP contribution in [0.4, 0.5) is 8.78 Å². The van der Waals surface area contributed by atoms with Crippen LogP contribution in [0.1, 0.15) is 33.1 Å². The van der Waals surface area contributed by atoms with Gasteiger partial charge in [-0.05, 0) is 13.8 Å². The quantitative estimate of drug-likeness (QED) is 0.703. The van der Waals surface area contributed by atoms with Crippen molar-refractivity contribution in [3.05, 3.63) is 0 Å². The smallest absolute Gasteiger partial charge is 0.240 e. The van der Waals surface area contributed by atoms with E-state index in [4.69, 9.17) is 0 Å². The molecular weight excluding hydrogens is 188 g/mol. The third-order valence-electron chi connectivity index (χ3n) is 2.82. The van der Waals surface area contributed by atoms with E-state index in [9.17, 15) is 13.6 Å². The van der Waals surface area contributed by atoms with E-state index in [-0.39, 0.29) is 24.3 Å². The highest BCUT2D eigenvalue weighted by atomic mass is 19.3. The van der Waals surface area contributed by atoms with Crippen molar-refractivity contribution >= 4 is 5.78 Å². The Bertz CT molecular complexity index is 208. The predicted octanol–water partition coefficient (Wildman–Crippen LogP) is 2.08. The van der Waals surface area contributed by atoms with Gasteiger partial charge in [-0.3, -0.25) is 9.69 Å². The molecule has 0 saturated carbocycles. The molecule has 1 aliphatic rings. The van der Waals surface area contributed by atoms with Gasteiger partial charge in [0.2, 0.25) is 6.43 Å². The van der Waals surface area contributed by atoms with Crippen molar-refractivity contribution in [1.82, 2.24) is 4.90 Å². The van der Waals surface area contributed by atoms with Crippen LogP contribution in [-0.4, -0.2) is 35.7 Å². The lowest BCUT2D eigenvalue weighted by Gasteiger charge is -2.37. The number of halogens is 2. The molecule has 0 aromatic heterocycles. The van der Waals surface area contributed by atoms with E-state index in [0.717, 1.165) is 0 Å². The van der Waals surface area contributed by atoms with Gasteiger partial charge in [0.15, 0.2) is 0 Å². The van der Waals surface area contributed by atoms with Gasteiger partial charge in [-0.15, -0.1) is 0 Å². The minimum Gasteiger partial charge on any atom is -0.300 e. The van der Waals surface area contributed by atoms with Gasteiger partial charge in [-0.2, -0.15) is 0 Å². The topological polar surface area (TPSA) is 20.3 Å². The Morgan fingerprint density at radius 3 is 2.71 bits per heavy atom. The standard InChI is InChI=1S/C10H17F2NO/c1-7-5-9(14)3-4-13(7)8(2)6-10(11)12/h7-8,10H,3-6H2,1-2H3. The molecule has 82 valence electrons. The molecule has 0 aromatic carbocycles. The van der Waals surface area contributed by atoms with Crippen LogP contribution in [0.5, 0.6) is 0 Å². The summed E-state index contributed by atoms with van der Waals surface area (Å²) in [6.07, 6.45) is -1.33. The summed E-state index contributed by atoms with van der Waals surface area (Å²) in [7, 11) is 0. The van der Waals surface area contributed by atoms with Gasteiger partial charge in [0.05, 0.1) is 0 Å². The molecule has 0 spiro atoms. The second-order valence-corrected chi connectivity index (χ2v) is 4.06. The fourth-order valence-corrected chi connectivity index (χ4v) is 2.07. The average Bonchev–Trinajstić information content (AvgIpc) is 2.01. The number of hydrogen-bond acceptors (Lipinski definition) is 2. The third kappa shape index (κ3) is 3.01. The first-order valence-electron chi connectivity index (χ1n) is 5.06. The monoisotopic (exact) mass is 205 g/mol. The van der Waals surface area contributed by atoms with Gasteiger partial charge in [-0.1, -0.05) is 0 Å². The summed E-state index contributed by atoms with van der Waals surface area (Å²) in [4.78, 5) is 13.1. The molecule has 2 nitrogen and oxygen atoms in total. The molecule has 0 radical (unpaired) electrons. The molecule has 1 aliphatic heterocycles. The van der Waals surface area contributed by atoms with Crippen LogP contribution >= 0.6 is 0 Å². The van der Waals surface area contributed by atoms with Crippen molar-refractivity contribution in [1.29, 1.82) is 0 Å². The molecule has 2 atom stereocenters. The number of carbonyl (C=O) groups is 1. The summed E-state index contributed by atoms with van der Waals surface area (Å²) in [6.45, 7) is 4.37. The van der Waals surface area contributed by atoms with E-state index in [1.54, 1.807) is 6.92 Å². The van der Waals surface area contributed by atoms with Crippen LogP contribution in [-0.2, 0) is 4.79 Å². The van der Waals surface area contributed by atoms with E-state index in [1.165, 1.54) is 0 Å². The number of alkyl halides is 2. The Labute approximate surface area is 83.3 Å². The molecule has 14 heavy (non-hydrogen) atoms. The number of carbonyl (C=O) groups excluding carboxylic acids is 1. The van der Waals surface area contributed by atoms with Crippen molar-refractivity contribution in [2.75, 3.05) is 6.54 Å². The minimum absolute atomic E-state index is 0.0987. The molecule has 0 bridgehead atoms. The molecule has 1 heterocycles. The highest BCUT2D eigenvalue weighted by Crippen LogP contribution is 2.20. The molecule has 1 saturated heterocycles. The third-order valence-corrected chi connectivity index (χ3v) is 2.82. The predicted molar refractivity (Wildman–Crippen MR) is 50.5 cm³/mol. The summed E-state index contributed by atoms with van der Waals surface area (Å²) in [5, 5.41) is 0. The van der Waals surface area contributed by atoms with Crippen LogP contribution in [0.2, 0.25) is 0 Å². The van der Waals surface area contributed by atoms with E-state index < -0.39 is 6.43 Å².